The van der Waals surface area contributed by atoms with Gasteiger partial charge in [-0.2, -0.15) is 5.10 Å². The van der Waals surface area contributed by atoms with Gasteiger partial charge in [0.25, 0.3) is 0 Å². The summed E-state index contributed by atoms with van der Waals surface area (Å²) in [5.41, 5.74) is 13.1. The van der Waals surface area contributed by atoms with Crippen LogP contribution in [-0.2, 0) is 0 Å². The molecule has 3 rings (SSSR count). The first-order valence-electron chi connectivity index (χ1n) is 5.06. The van der Waals surface area contributed by atoms with E-state index >= 15 is 0 Å². The van der Waals surface area contributed by atoms with Crippen LogP contribution in [0.1, 0.15) is 11.4 Å². The Morgan fingerprint density at radius 1 is 1.38 bits per heavy atom. The second-order valence-electron chi connectivity index (χ2n) is 3.91. The molecule has 1 aliphatic rings. The molecule has 16 heavy (non-hydrogen) atoms. The van der Waals surface area contributed by atoms with Crippen LogP contribution >= 0.6 is 0 Å². The Morgan fingerprint density at radius 2 is 2.19 bits per heavy atom. The van der Waals surface area contributed by atoms with Crippen molar-refractivity contribution in [1.82, 2.24) is 9.78 Å². The summed E-state index contributed by atoms with van der Waals surface area (Å²) in [5, 5.41) is 4.42. The number of nitrogens with one attached hydrogen (secondary N) is 1. The van der Waals surface area contributed by atoms with Gasteiger partial charge in [-0.25, -0.2) is 10.2 Å². The van der Waals surface area contributed by atoms with Crippen molar-refractivity contribution in [2.24, 2.45) is 0 Å². The van der Waals surface area contributed by atoms with Gasteiger partial charge in [0, 0.05) is 5.69 Å². The summed E-state index contributed by atoms with van der Waals surface area (Å²) in [4.78, 5) is 5.21. The molecule has 0 aliphatic carbocycles. The molecule has 0 atom stereocenters. The summed E-state index contributed by atoms with van der Waals surface area (Å²) in [6, 6.07) is 5.80. The summed E-state index contributed by atoms with van der Waals surface area (Å²) >= 11 is 0. The first-order valence-corrected chi connectivity index (χ1v) is 5.06. The fourth-order valence-electron chi connectivity index (χ4n) is 1.94. The number of aryl methyl sites for hydroxylation is 2. The van der Waals surface area contributed by atoms with E-state index in [2.05, 4.69) is 10.6 Å². The molecule has 0 amide bonds. The van der Waals surface area contributed by atoms with Gasteiger partial charge in [-0.3, -0.25) is 0 Å². The Balaban J connectivity index is 2.23. The van der Waals surface area contributed by atoms with Crippen molar-refractivity contribution >= 4 is 11.4 Å². The highest BCUT2D eigenvalue weighted by Gasteiger charge is 2.21. The summed E-state index contributed by atoms with van der Waals surface area (Å²) < 4.78 is 1.85. The number of anilines is 2. The molecule has 1 aromatic heterocycles. The Hall–Kier alpha value is -2.17. The molecule has 0 fully saturated rings. The number of hydrogen-bond donors (Lipinski definition) is 2. The third kappa shape index (κ3) is 1.08. The van der Waals surface area contributed by atoms with Crippen molar-refractivity contribution in [3.63, 3.8) is 0 Å². The minimum absolute atomic E-state index is 0.630. The van der Waals surface area contributed by atoms with Crippen LogP contribution in [0.25, 0.3) is 5.69 Å². The molecule has 3 N–H and O–H groups in total. The van der Waals surface area contributed by atoms with Gasteiger partial charge in [0.05, 0.1) is 11.4 Å². The molecule has 0 radical (unpaired) electrons. The normalized spacial score (nSPS) is 12.4. The second-order valence-corrected chi connectivity index (χ2v) is 3.91. The van der Waals surface area contributed by atoms with Gasteiger partial charge in [-0.1, -0.05) is 0 Å². The molecule has 1 aromatic carbocycles. The van der Waals surface area contributed by atoms with Gasteiger partial charge < -0.3 is 10.6 Å². The number of nitrogen functional groups attached to an aromatic ring is 1. The van der Waals surface area contributed by atoms with Crippen molar-refractivity contribution in [3.05, 3.63) is 29.6 Å². The summed E-state index contributed by atoms with van der Waals surface area (Å²) in [5.74, 6) is 0.667. The van der Waals surface area contributed by atoms with Crippen molar-refractivity contribution in [1.29, 1.82) is 0 Å². The third-order valence-corrected chi connectivity index (χ3v) is 2.68. The Kier molecular flexibility index (Phi) is 1.65. The van der Waals surface area contributed by atoms with Gasteiger partial charge >= 0.3 is 0 Å². The van der Waals surface area contributed by atoms with Crippen molar-refractivity contribution in [2.45, 2.75) is 13.8 Å². The molecular formula is C11H12N4O. The highest BCUT2D eigenvalue weighted by molar-refractivity contribution is 5.83. The smallest absolute Gasteiger partial charge is 0.180 e. The first-order chi connectivity index (χ1) is 7.66. The SMILES string of the molecule is Cc1cc(C)n(-c2ccc3c(N)c2NO3)n1. The number of nitrogens with two attached hydrogens (primary N) is 1. The van der Waals surface area contributed by atoms with E-state index in [0.717, 1.165) is 22.8 Å². The molecule has 2 aromatic rings. The molecule has 0 unspecified atom stereocenters. The molecular weight excluding hydrogens is 204 g/mol. The second kappa shape index (κ2) is 2.91. The minimum Gasteiger partial charge on any atom is -0.394 e. The molecule has 0 spiro atoms. The standard InChI is InChI=1S/C11H12N4O/c1-6-5-7(2)15(13-6)8-3-4-9-10(12)11(8)14-16-9/h3-5,14H,12H2,1-2H3. The summed E-state index contributed by atoms with van der Waals surface area (Å²) in [6.45, 7) is 3.97. The summed E-state index contributed by atoms with van der Waals surface area (Å²) in [6.07, 6.45) is 0. The van der Waals surface area contributed by atoms with E-state index in [1.165, 1.54) is 0 Å². The van der Waals surface area contributed by atoms with Crippen LogP contribution in [-0.4, -0.2) is 9.78 Å². The van der Waals surface area contributed by atoms with E-state index in [-0.39, 0.29) is 0 Å². The predicted octanol–water partition coefficient (Wildman–Crippen LogP) is 1.79. The van der Waals surface area contributed by atoms with E-state index in [9.17, 15) is 0 Å². The van der Waals surface area contributed by atoms with Crippen LogP contribution in [0.5, 0.6) is 5.75 Å². The number of benzene rings is 1. The Labute approximate surface area is 92.8 Å². The predicted molar refractivity (Wildman–Crippen MR) is 61.7 cm³/mol. The molecule has 2 bridgehead atoms. The van der Waals surface area contributed by atoms with Crippen LogP contribution in [0.4, 0.5) is 11.4 Å². The lowest BCUT2D eigenvalue weighted by molar-refractivity contribution is 0.423. The molecule has 82 valence electrons. The van der Waals surface area contributed by atoms with Crippen LogP contribution in [0, 0.1) is 13.8 Å². The van der Waals surface area contributed by atoms with Crippen LogP contribution in [0.15, 0.2) is 18.2 Å². The van der Waals surface area contributed by atoms with Crippen molar-refractivity contribution in [2.75, 3.05) is 11.2 Å². The van der Waals surface area contributed by atoms with Gasteiger partial charge in [0.1, 0.15) is 11.4 Å². The maximum atomic E-state index is 5.91. The lowest BCUT2D eigenvalue weighted by Gasteiger charge is -2.07. The average Bonchev–Trinajstić information content (AvgIpc) is 2.67. The lowest BCUT2D eigenvalue weighted by atomic mass is 10.2. The Morgan fingerprint density at radius 3 is 2.88 bits per heavy atom. The van der Waals surface area contributed by atoms with E-state index < -0.39 is 0 Å². The van der Waals surface area contributed by atoms with Crippen LogP contribution < -0.4 is 16.1 Å². The van der Waals surface area contributed by atoms with E-state index in [1.54, 1.807) is 0 Å². The minimum atomic E-state index is 0.630. The maximum absolute atomic E-state index is 5.91. The van der Waals surface area contributed by atoms with E-state index in [1.807, 2.05) is 36.7 Å². The lowest BCUT2D eigenvalue weighted by Crippen LogP contribution is -2.04. The van der Waals surface area contributed by atoms with Gasteiger partial charge in [-0.05, 0) is 32.0 Å². The molecule has 5 heteroatoms. The van der Waals surface area contributed by atoms with Gasteiger partial charge in [0.15, 0.2) is 5.75 Å². The highest BCUT2D eigenvalue weighted by atomic mass is 16.7. The van der Waals surface area contributed by atoms with E-state index in [4.69, 9.17) is 10.6 Å². The fourth-order valence-corrected chi connectivity index (χ4v) is 1.94. The maximum Gasteiger partial charge on any atom is 0.180 e. The average molecular weight is 216 g/mol. The fraction of sp³-hybridized carbons (Fsp3) is 0.182. The van der Waals surface area contributed by atoms with E-state index in [0.29, 0.717) is 11.4 Å². The van der Waals surface area contributed by atoms with Crippen molar-refractivity contribution in [3.8, 4) is 11.4 Å². The summed E-state index contributed by atoms with van der Waals surface area (Å²) in [7, 11) is 0. The third-order valence-electron chi connectivity index (χ3n) is 2.68. The number of rotatable bonds is 1. The highest BCUT2D eigenvalue weighted by Crippen LogP contribution is 2.40. The van der Waals surface area contributed by atoms with Gasteiger partial charge in [-0.15, -0.1) is 0 Å². The van der Waals surface area contributed by atoms with Gasteiger partial charge in [0.2, 0.25) is 0 Å². The van der Waals surface area contributed by atoms with Crippen LogP contribution in [0.2, 0.25) is 0 Å². The number of nitrogens with zero attached hydrogens (tertiary/aromatic N) is 2. The molecule has 0 saturated carbocycles. The largest absolute Gasteiger partial charge is 0.394 e. The zero-order chi connectivity index (χ0) is 11.3. The van der Waals surface area contributed by atoms with Crippen LogP contribution in [0.3, 0.4) is 0 Å². The Bertz CT molecular complexity index is 574. The number of aromatic nitrogens is 2. The zero-order valence-electron chi connectivity index (χ0n) is 9.11. The first kappa shape index (κ1) is 9.08. The molecule has 1 aliphatic heterocycles. The topological polar surface area (TPSA) is 65.1 Å². The molecule has 2 heterocycles. The quantitative estimate of drug-likeness (QED) is 0.713. The van der Waals surface area contributed by atoms with Crippen molar-refractivity contribution < 1.29 is 4.84 Å². The molecule has 0 saturated heterocycles. The number of fused-ring (bicyclic) bond motifs is 2. The zero-order valence-corrected chi connectivity index (χ0v) is 9.11. The monoisotopic (exact) mass is 216 g/mol. The number of hydrogen-bond acceptors (Lipinski definition) is 4. The molecule has 5 nitrogen and oxygen atoms in total.